The van der Waals surface area contributed by atoms with Gasteiger partial charge < -0.3 is 5.32 Å². The van der Waals surface area contributed by atoms with E-state index in [-0.39, 0.29) is 12.3 Å². The van der Waals surface area contributed by atoms with E-state index in [4.69, 9.17) is 0 Å². The standard InChI is InChI=1S/C20H17N5O/c26-20(15-16-7-9-18(10-8-16)24-13-4-12-21-24)22-19-11-14-25(23-19)17-5-2-1-3-6-17/h1-14H,15H2,(H,22,23,26). The van der Waals surface area contributed by atoms with Crippen molar-refractivity contribution < 1.29 is 4.79 Å². The second-order valence-corrected chi connectivity index (χ2v) is 5.82. The summed E-state index contributed by atoms with van der Waals surface area (Å²) >= 11 is 0. The molecule has 1 N–H and O–H groups in total. The Hall–Kier alpha value is -3.67. The van der Waals surface area contributed by atoms with Crippen molar-refractivity contribution in [3.8, 4) is 11.4 Å². The predicted octanol–water partition coefficient (Wildman–Crippen LogP) is 3.24. The Bertz CT molecular complexity index is 988. The van der Waals surface area contributed by atoms with Crippen LogP contribution in [-0.4, -0.2) is 25.5 Å². The van der Waals surface area contributed by atoms with Crippen LogP contribution in [-0.2, 0) is 11.2 Å². The van der Waals surface area contributed by atoms with Crippen LogP contribution in [0.5, 0.6) is 0 Å². The molecular weight excluding hydrogens is 326 g/mol. The lowest BCUT2D eigenvalue weighted by molar-refractivity contribution is -0.115. The van der Waals surface area contributed by atoms with Gasteiger partial charge in [-0.2, -0.15) is 10.2 Å². The normalized spacial score (nSPS) is 10.6. The molecule has 0 radical (unpaired) electrons. The van der Waals surface area contributed by atoms with E-state index in [0.717, 1.165) is 16.9 Å². The number of nitrogens with zero attached hydrogens (tertiary/aromatic N) is 4. The van der Waals surface area contributed by atoms with E-state index in [1.807, 2.05) is 73.1 Å². The summed E-state index contributed by atoms with van der Waals surface area (Å²) in [5.74, 6) is 0.433. The summed E-state index contributed by atoms with van der Waals surface area (Å²) in [4.78, 5) is 12.3. The van der Waals surface area contributed by atoms with Gasteiger partial charge in [-0.1, -0.05) is 30.3 Å². The zero-order chi connectivity index (χ0) is 17.8. The highest BCUT2D eigenvalue weighted by molar-refractivity contribution is 5.91. The van der Waals surface area contributed by atoms with Crippen LogP contribution in [0.3, 0.4) is 0 Å². The summed E-state index contributed by atoms with van der Waals surface area (Å²) in [6.07, 6.45) is 5.72. The van der Waals surface area contributed by atoms with Gasteiger partial charge in [0.25, 0.3) is 0 Å². The highest BCUT2D eigenvalue weighted by atomic mass is 16.1. The molecule has 4 rings (SSSR count). The highest BCUT2D eigenvalue weighted by Gasteiger charge is 2.07. The Morgan fingerprint density at radius 3 is 2.35 bits per heavy atom. The minimum atomic E-state index is -0.102. The average molecular weight is 343 g/mol. The van der Waals surface area contributed by atoms with Crippen molar-refractivity contribution in [1.29, 1.82) is 0 Å². The maximum atomic E-state index is 12.3. The Labute approximate surface area is 150 Å². The second-order valence-electron chi connectivity index (χ2n) is 5.82. The number of amides is 1. The van der Waals surface area contributed by atoms with Gasteiger partial charge in [0, 0.05) is 24.7 Å². The summed E-state index contributed by atoms with van der Waals surface area (Å²) in [6, 6.07) is 21.2. The van der Waals surface area contributed by atoms with Gasteiger partial charge in [-0.15, -0.1) is 0 Å². The number of benzene rings is 2. The van der Waals surface area contributed by atoms with Crippen LogP contribution < -0.4 is 5.32 Å². The first-order valence-electron chi connectivity index (χ1n) is 8.28. The monoisotopic (exact) mass is 343 g/mol. The van der Waals surface area contributed by atoms with Crippen LogP contribution in [0.4, 0.5) is 5.82 Å². The van der Waals surface area contributed by atoms with Crippen molar-refractivity contribution in [3.05, 3.63) is 90.9 Å². The number of rotatable bonds is 5. The van der Waals surface area contributed by atoms with E-state index in [0.29, 0.717) is 5.82 Å². The number of hydrogen-bond donors (Lipinski definition) is 1. The van der Waals surface area contributed by atoms with Gasteiger partial charge in [-0.05, 0) is 35.9 Å². The maximum Gasteiger partial charge on any atom is 0.229 e. The fraction of sp³-hybridized carbons (Fsp3) is 0.0500. The van der Waals surface area contributed by atoms with E-state index < -0.39 is 0 Å². The van der Waals surface area contributed by atoms with Crippen LogP contribution in [0.2, 0.25) is 0 Å². The zero-order valence-corrected chi connectivity index (χ0v) is 14.0. The molecule has 4 aromatic rings. The number of hydrogen-bond acceptors (Lipinski definition) is 3. The third-order valence-corrected chi connectivity index (χ3v) is 3.95. The fourth-order valence-electron chi connectivity index (χ4n) is 2.68. The smallest absolute Gasteiger partial charge is 0.229 e. The summed E-state index contributed by atoms with van der Waals surface area (Å²) in [5.41, 5.74) is 2.84. The van der Waals surface area contributed by atoms with Gasteiger partial charge in [0.15, 0.2) is 5.82 Å². The largest absolute Gasteiger partial charge is 0.309 e. The van der Waals surface area contributed by atoms with E-state index in [2.05, 4.69) is 15.5 Å². The van der Waals surface area contributed by atoms with E-state index in [1.54, 1.807) is 21.6 Å². The number of aromatic nitrogens is 4. The molecule has 0 aliphatic carbocycles. The van der Waals surface area contributed by atoms with Gasteiger partial charge in [0.05, 0.1) is 17.8 Å². The Morgan fingerprint density at radius 2 is 1.62 bits per heavy atom. The van der Waals surface area contributed by atoms with Crippen molar-refractivity contribution in [2.24, 2.45) is 0 Å². The lowest BCUT2D eigenvalue weighted by Crippen LogP contribution is -2.15. The maximum absolute atomic E-state index is 12.3. The second kappa shape index (κ2) is 7.06. The fourth-order valence-corrected chi connectivity index (χ4v) is 2.68. The quantitative estimate of drug-likeness (QED) is 0.605. The molecule has 6 heteroatoms. The molecule has 2 aromatic carbocycles. The van der Waals surface area contributed by atoms with Gasteiger partial charge in [-0.3, -0.25) is 4.79 Å². The predicted molar refractivity (Wildman–Crippen MR) is 99.5 cm³/mol. The zero-order valence-electron chi connectivity index (χ0n) is 14.0. The number of carbonyl (C=O) groups is 1. The third-order valence-electron chi connectivity index (χ3n) is 3.95. The first kappa shape index (κ1) is 15.8. The van der Waals surface area contributed by atoms with Crippen molar-refractivity contribution in [2.75, 3.05) is 5.32 Å². The van der Waals surface area contributed by atoms with Crippen LogP contribution >= 0.6 is 0 Å². The van der Waals surface area contributed by atoms with Crippen LogP contribution in [0.15, 0.2) is 85.3 Å². The molecule has 2 aromatic heterocycles. The summed E-state index contributed by atoms with van der Waals surface area (Å²) in [6.45, 7) is 0. The molecule has 6 nitrogen and oxygen atoms in total. The summed E-state index contributed by atoms with van der Waals surface area (Å²) in [7, 11) is 0. The molecule has 0 saturated carbocycles. The van der Waals surface area contributed by atoms with Crippen LogP contribution in [0.25, 0.3) is 11.4 Å². The number of para-hydroxylation sites is 1. The molecule has 128 valence electrons. The molecular formula is C20H17N5O. The number of nitrogens with one attached hydrogen (secondary N) is 1. The van der Waals surface area contributed by atoms with Crippen LogP contribution in [0.1, 0.15) is 5.56 Å². The lowest BCUT2D eigenvalue weighted by atomic mass is 10.1. The van der Waals surface area contributed by atoms with E-state index in [9.17, 15) is 4.79 Å². The topological polar surface area (TPSA) is 64.7 Å². The Balaban J connectivity index is 1.39. The molecule has 26 heavy (non-hydrogen) atoms. The molecule has 0 aliphatic heterocycles. The van der Waals surface area contributed by atoms with E-state index >= 15 is 0 Å². The molecule has 0 bridgehead atoms. The summed E-state index contributed by atoms with van der Waals surface area (Å²) < 4.78 is 3.51. The van der Waals surface area contributed by atoms with Gasteiger partial charge >= 0.3 is 0 Å². The molecule has 0 aliphatic rings. The minimum absolute atomic E-state index is 0.102. The Morgan fingerprint density at radius 1 is 0.846 bits per heavy atom. The SMILES string of the molecule is O=C(Cc1ccc(-n2cccn2)cc1)Nc1ccn(-c2ccccc2)n1. The highest BCUT2D eigenvalue weighted by Crippen LogP contribution is 2.12. The molecule has 0 atom stereocenters. The van der Waals surface area contributed by atoms with Crippen molar-refractivity contribution in [2.45, 2.75) is 6.42 Å². The average Bonchev–Trinajstić information content (AvgIpc) is 3.35. The molecule has 2 heterocycles. The van der Waals surface area contributed by atoms with Gasteiger partial charge in [-0.25, -0.2) is 9.36 Å². The molecule has 0 spiro atoms. The third kappa shape index (κ3) is 3.54. The first-order chi connectivity index (χ1) is 12.8. The summed E-state index contributed by atoms with van der Waals surface area (Å²) in [5, 5.41) is 11.4. The minimum Gasteiger partial charge on any atom is -0.309 e. The molecule has 1 amide bonds. The lowest BCUT2D eigenvalue weighted by Gasteiger charge is -2.05. The van der Waals surface area contributed by atoms with Crippen molar-refractivity contribution in [3.63, 3.8) is 0 Å². The first-order valence-corrected chi connectivity index (χ1v) is 8.28. The molecule has 0 fully saturated rings. The number of anilines is 1. The van der Waals surface area contributed by atoms with E-state index in [1.165, 1.54) is 0 Å². The molecule has 0 saturated heterocycles. The van der Waals surface area contributed by atoms with Crippen molar-refractivity contribution in [1.82, 2.24) is 19.6 Å². The van der Waals surface area contributed by atoms with Gasteiger partial charge in [0.2, 0.25) is 5.91 Å². The van der Waals surface area contributed by atoms with Crippen molar-refractivity contribution >= 4 is 11.7 Å². The van der Waals surface area contributed by atoms with Crippen LogP contribution in [0, 0.1) is 0 Å². The number of carbonyl (C=O) groups excluding carboxylic acids is 1. The van der Waals surface area contributed by atoms with Gasteiger partial charge in [0.1, 0.15) is 0 Å². The Kier molecular flexibility index (Phi) is 4.30. The molecule has 0 unspecified atom stereocenters.